The zero-order valence-electron chi connectivity index (χ0n) is 14.5. The summed E-state index contributed by atoms with van der Waals surface area (Å²) in [5.74, 6) is 2.33. The lowest BCUT2D eigenvalue weighted by atomic mass is 9.97. The molecule has 0 amide bonds. The predicted molar refractivity (Wildman–Crippen MR) is 90.7 cm³/mol. The van der Waals surface area contributed by atoms with Gasteiger partial charge in [-0.15, -0.1) is 0 Å². The number of nitrogens with one attached hydrogen (secondary N) is 1. The van der Waals surface area contributed by atoms with E-state index in [9.17, 15) is 8.42 Å². The molecular weight excluding hydrogens is 314 g/mol. The summed E-state index contributed by atoms with van der Waals surface area (Å²) >= 11 is 0. The highest BCUT2D eigenvalue weighted by atomic mass is 32.2. The first-order valence-electron chi connectivity index (χ1n) is 8.52. The van der Waals surface area contributed by atoms with Crippen molar-refractivity contribution in [2.45, 2.75) is 53.0 Å². The topological polar surface area (TPSA) is 75.4 Å². The summed E-state index contributed by atoms with van der Waals surface area (Å²) in [6.07, 6.45) is 3.64. The van der Waals surface area contributed by atoms with Crippen molar-refractivity contribution in [3.8, 4) is 0 Å². The Bertz CT molecular complexity index is 570. The quantitative estimate of drug-likeness (QED) is 0.783. The van der Waals surface area contributed by atoms with Gasteiger partial charge in [0.2, 0.25) is 15.9 Å². The second kappa shape index (κ2) is 8.26. The molecule has 1 fully saturated rings. The van der Waals surface area contributed by atoms with Crippen LogP contribution < -0.4 is 4.72 Å². The number of sulfonamides is 1. The third kappa shape index (κ3) is 5.90. The Hall–Kier alpha value is -0.920. The normalized spacial score (nSPS) is 17.7. The van der Waals surface area contributed by atoms with Gasteiger partial charge in [0.15, 0.2) is 0 Å². The lowest BCUT2D eigenvalue weighted by Crippen LogP contribution is -2.38. The van der Waals surface area contributed by atoms with Gasteiger partial charge < -0.3 is 4.42 Å². The van der Waals surface area contributed by atoms with E-state index in [1.54, 1.807) is 0 Å². The minimum Gasteiger partial charge on any atom is -0.444 e. The van der Waals surface area contributed by atoms with Crippen LogP contribution in [0.3, 0.4) is 0 Å². The molecule has 0 aliphatic carbocycles. The van der Waals surface area contributed by atoms with Crippen molar-refractivity contribution in [3.63, 3.8) is 0 Å². The van der Waals surface area contributed by atoms with Gasteiger partial charge in [-0.05, 0) is 52.1 Å². The summed E-state index contributed by atoms with van der Waals surface area (Å²) in [6.45, 7) is 9.12. The number of aromatic nitrogens is 1. The van der Waals surface area contributed by atoms with E-state index in [2.05, 4.69) is 14.6 Å². The van der Waals surface area contributed by atoms with E-state index in [1.807, 2.05) is 20.8 Å². The summed E-state index contributed by atoms with van der Waals surface area (Å²) in [6, 6.07) is 0. The van der Waals surface area contributed by atoms with Crippen LogP contribution in [0.25, 0.3) is 0 Å². The molecule has 7 heteroatoms. The molecular formula is C16H29N3O3S. The van der Waals surface area contributed by atoms with Crippen LogP contribution in [0, 0.1) is 19.8 Å². The van der Waals surface area contributed by atoms with Gasteiger partial charge in [0.25, 0.3) is 0 Å². The Kier molecular flexibility index (Phi) is 6.61. The molecule has 0 saturated carbocycles. The number of hydrogen-bond acceptors (Lipinski definition) is 5. The molecule has 1 aromatic rings. The maximum atomic E-state index is 11.8. The summed E-state index contributed by atoms with van der Waals surface area (Å²) in [4.78, 5) is 6.75. The molecule has 0 unspecified atom stereocenters. The number of oxazole rings is 1. The highest BCUT2D eigenvalue weighted by Gasteiger charge is 2.22. The summed E-state index contributed by atoms with van der Waals surface area (Å²) in [5.41, 5.74) is 0.955. The molecule has 1 aliphatic heterocycles. The number of unbranched alkanes of at least 4 members (excludes halogenated alkanes) is 1. The lowest BCUT2D eigenvalue weighted by Gasteiger charge is -2.31. The average molecular weight is 343 g/mol. The van der Waals surface area contributed by atoms with Crippen LogP contribution >= 0.6 is 0 Å². The first kappa shape index (κ1) is 18.4. The molecule has 0 atom stereocenters. The first-order valence-corrected chi connectivity index (χ1v) is 10.2. The fourth-order valence-electron chi connectivity index (χ4n) is 2.80. The van der Waals surface area contributed by atoms with E-state index in [-0.39, 0.29) is 5.75 Å². The first-order chi connectivity index (χ1) is 10.9. The van der Waals surface area contributed by atoms with Crippen LogP contribution in [0.15, 0.2) is 4.42 Å². The number of piperidine rings is 1. The third-order valence-corrected chi connectivity index (χ3v) is 5.93. The third-order valence-electron chi connectivity index (χ3n) is 4.50. The van der Waals surface area contributed by atoms with E-state index in [4.69, 9.17) is 4.42 Å². The molecule has 132 valence electrons. The molecule has 1 N–H and O–H groups in total. The van der Waals surface area contributed by atoms with Crippen LogP contribution in [-0.2, 0) is 16.6 Å². The van der Waals surface area contributed by atoms with Crippen molar-refractivity contribution in [3.05, 3.63) is 17.3 Å². The van der Waals surface area contributed by atoms with Crippen molar-refractivity contribution < 1.29 is 12.8 Å². The number of aryl methyl sites for hydroxylation is 2. The molecule has 2 rings (SSSR count). The van der Waals surface area contributed by atoms with E-state index < -0.39 is 10.0 Å². The van der Waals surface area contributed by atoms with Gasteiger partial charge >= 0.3 is 0 Å². The molecule has 2 heterocycles. The molecule has 0 aromatic carbocycles. The number of rotatable bonds is 8. The summed E-state index contributed by atoms with van der Waals surface area (Å²) in [7, 11) is -3.10. The van der Waals surface area contributed by atoms with Crippen molar-refractivity contribution in [1.29, 1.82) is 0 Å². The van der Waals surface area contributed by atoms with E-state index in [0.29, 0.717) is 12.5 Å². The Morgan fingerprint density at radius 2 is 2.00 bits per heavy atom. The highest BCUT2D eigenvalue weighted by molar-refractivity contribution is 7.89. The Labute approximate surface area is 139 Å². The van der Waals surface area contributed by atoms with Crippen LogP contribution in [-0.4, -0.2) is 43.7 Å². The van der Waals surface area contributed by atoms with Crippen LogP contribution in [0.1, 0.15) is 50.0 Å². The van der Waals surface area contributed by atoms with Crippen molar-refractivity contribution in [2.24, 2.45) is 5.92 Å². The smallest absolute Gasteiger partial charge is 0.211 e. The van der Waals surface area contributed by atoms with Crippen LogP contribution in [0.4, 0.5) is 0 Å². The zero-order chi connectivity index (χ0) is 16.9. The van der Waals surface area contributed by atoms with Gasteiger partial charge in [0.05, 0.1) is 18.0 Å². The van der Waals surface area contributed by atoms with E-state index >= 15 is 0 Å². The van der Waals surface area contributed by atoms with Crippen LogP contribution in [0.5, 0.6) is 0 Å². The second-order valence-corrected chi connectivity index (χ2v) is 8.42. The molecule has 0 bridgehead atoms. The van der Waals surface area contributed by atoms with Gasteiger partial charge in [-0.1, -0.05) is 13.3 Å². The maximum Gasteiger partial charge on any atom is 0.211 e. The molecule has 1 saturated heterocycles. The molecule has 0 spiro atoms. The van der Waals surface area contributed by atoms with Gasteiger partial charge in [-0.3, -0.25) is 4.90 Å². The monoisotopic (exact) mass is 343 g/mol. The van der Waals surface area contributed by atoms with E-state index in [1.165, 1.54) is 0 Å². The summed E-state index contributed by atoms with van der Waals surface area (Å²) < 4.78 is 32.1. The fraction of sp³-hybridized carbons (Fsp3) is 0.812. The van der Waals surface area contributed by atoms with Crippen molar-refractivity contribution in [1.82, 2.24) is 14.6 Å². The number of nitrogens with zero attached hydrogens (tertiary/aromatic N) is 2. The van der Waals surface area contributed by atoms with Gasteiger partial charge in [-0.25, -0.2) is 18.1 Å². The van der Waals surface area contributed by atoms with Crippen LogP contribution in [0.2, 0.25) is 0 Å². The minimum absolute atomic E-state index is 0.241. The highest BCUT2D eigenvalue weighted by Crippen LogP contribution is 2.19. The molecule has 6 nitrogen and oxygen atoms in total. The van der Waals surface area contributed by atoms with Gasteiger partial charge in [0.1, 0.15) is 5.76 Å². The lowest BCUT2D eigenvalue weighted by molar-refractivity contribution is 0.164. The van der Waals surface area contributed by atoms with Crippen molar-refractivity contribution in [2.75, 3.05) is 25.4 Å². The minimum atomic E-state index is -3.10. The molecule has 1 aliphatic rings. The average Bonchev–Trinajstić information content (AvgIpc) is 2.83. The SMILES string of the molecule is CCCCS(=O)(=O)NCC1CCN(Cc2nc(C)c(C)o2)CC1. The Morgan fingerprint density at radius 3 is 2.57 bits per heavy atom. The van der Waals surface area contributed by atoms with E-state index in [0.717, 1.165) is 62.7 Å². The fourth-order valence-corrected chi connectivity index (χ4v) is 4.10. The maximum absolute atomic E-state index is 11.8. The predicted octanol–water partition coefficient (Wildman–Crippen LogP) is 2.22. The Morgan fingerprint density at radius 1 is 1.30 bits per heavy atom. The number of likely N-dealkylation sites (tertiary alicyclic amines) is 1. The Balaban J connectivity index is 1.71. The van der Waals surface area contributed by atoms with Gasteiger partial charge in [-0.2, -0.15) is 0 Å². The zero-order valence-corrected chi connectivity index (χ0v) is 15.3. The molecule has 23 heavy (non-hydrogen) atoms. The van der Waals surface area contributed by atoms with Gasteiger partial charge in [0, 0.05) is 6.54 Å². The second-order valence-electron chi connectivity index (χ2n) is 6.49. The standard InChI is InChI=1S/C16H29N3O3S/c1-4-5-10-23(20,21)17-11-15-6-8-19(9-7-15)12-16-18-13(2)14(3)22-16/h15,17H,4-12H2,1-3H3. The van der Waals surface area contributed by atoms with Crippen molar-refractivity contribution >= 4 is 10.0 Å². The molecule has 0 radical (unpaired) electrons. The largest absolute Gasteiger partial charge is 0.444 e. The summed E-state index contributed by atoms with van der Waals surface area (Å²) in [5, 5.41) is 0. The number of hydrogen-bond donors (Lipinski definition) is 1. The molecule has 1 aromatic heterocycles.